The second-order valence-electron chi connectivity index (χ2n) is 3.87. The average molecular weight is 278 g/mol. The lowest BCUT2D eigenvalue weighted by Crippen LogP contribution is -2.08. The van der Waals surface area contributed by atoms with E-state index in [9.17, 15) is 18.0 Å². The number of rotatable bonds is 4. The molecule has 0 aliphatic rings. The van der Waals surface area contributed by atoms with Gasteiger partial charge >= 0.3 is 5.97 Å². The maximum atomic E-state index is 13.2. The minimum absolute atomic E-state index is 0.00681. The maximum Gasteiger partial charge on any atom is 0.303 e. The predicted molar refractivity (Wildman–Crippen MR) is 60.1 cm³/mol. The molecule has 106 valence electrons. The maximum absolute atomic E-state index is 13.2. The SMILES string of the molecule is CC(CC(=O)O)Cc1cc(F)c(F)cc1F.O=CO. The van der Waals surface area contributed by atoms with Crippen molar-refractivity contribution in [2.45, 2.75) is 19.8 Å². The van der Waals surface area contributed by atoms with Crippen LogP contribution in [0.4, 0.5) is 13.2 Å². The number of carboxylic acid groups (broad SMARTS) is 2. The number of carbonyl (C=O) groups is 2. The Hall–Kier alpha value is -2.05. The zero-order chi connectivity index (χ0) is 15.0. The van der Waals surface area contributed by atoms with Crippen molar-refractivity contribution >= 4 is 12.4 Å². The van der Waals surface area contributed by atoms with Crippen molar-refractivity contribution in [3.8, 4) is 0 Å². The summed E-state index contributed by atoms with van der Waals surface area (Å²) in [4.78, 5) is 18.7. The fraction of sp³-hybridized carbons (Fsp3) is 0.333. The summed E-state index contributed by atoms with van der Waals surface area (Å²) >= 11 is 0. The molecule has 1 rings (SSSR count). The van der Waals surface area contributed by atoms with Crippen molar-refractivity contribution in [2.75, 3.05) is 0 Å². The second-order valence-corrected chi connectivity index (χ2v) is 3.87. The molecule has 0 fully saturated rings. The molecule has 1 atom stereocenters. The Bertz CT molecular complexity index is 449. The normalized spacial score (nSPS) is 11.2. The lowest BCUT2D eigenvalue weighted by atomic mass is 9.97. The van der Waals surface area contributed by atoms with Gasteiger partial charge in [0.05, 0.1) is 0 Å². The Balaban J connectivity index is 0.000000982. The predicted octanol–water partition coefficient (Wildman–Crippen LogP) is 2.46. The summed E-state index contributed by atoms with van der Waals surface area (Å²) < 4.78 is 38.6. The van der Waals surface area contributed by atoms with Gasteiger partial charge in [-0.3, -0.25) is 9.59 Å². The molecule has 0 saturated carbocycles. The van der Waals surface area contributed by atoms with Crippen LogP contribution in [0.2, 0.25) is 0 Å². The van der Waals surface area contributed by atoms with Gasteiger partial charge in [0.25, 0.3) is 6.47 Å². The van der Waals surface area contributed by atoms with E-state index in [1.807, 2.05) is 0 Å². The van der Waals surface area contributed by atoms with Gasteiger partial charge in [0, 0.05) is 12.5 Å². The van der Waals surface area contributed by atoms with Crippen molar-refractivity contribution in [3.05, 3.63) is 35.1 Å². The van der Waals surface area contributed by atoms with Crippen LogP contribution in [0.3, 0.4) is 0 Å². The molecule has 0 heterocycles. The van der Waals surface area contributed by atoms with Gasteiger partial charge in [0.2, 0.25) is 0 Å². The van der Waals surface area contributed by atoms with Crippen molar-refractivity contribution in [1.29, 1.82) is 0 Å². The highest BCUT2D eigenvalue weighted by Crippen LogP contribution is 2.18. The topological polar surface area (TPSA) is 74.6 Å². The molecule has 0 amide bonds. The zero-order valence-electron chi connectivity index (χ0n) is 10.1. The zero-order valence-corrected chi connectivity index (χ0v) is 10.1. The van der Waals surface area contributed by atoms with E-state index in [0.29, 0.717) is 6.07 Å². The van der Waals surface area contributed by atoms with Crippen LogP contribution in [-0.2, 0) is 16.0 Å². The van der Waals surface area contributed by atoms with E-state index in [4.69, 9.17) is 15.0 Å². The third-order valence-electron chi connectivity index (χ3n) is 2.18. The van der Waals surface area contributed by atoms with E-state index in [-0.39, 0.29) is 30.8 Å². The summed E-state index contributed by atoms with van der Waals surface area (Å²) in [5.74, 6) is -4.56. The lowest BCUT2D eigenvalue weighted by molar-refractivity contribution is -0.138. The van der Waals surface area contributed by atoms with Crippen LogP contribution in [0, 0.1) is 23.4 Å². The molecule has 7 heteroatoms. The molecule has 0 aliphatic heterocycles. The summed E-state index contributed by atoms with van der Waals surface area (Å²) in [5, 5.41) is 15.4. The summed E-state index contributed by atoms with van der Waals surface area (Å²) in [7, 11) is 0. The number of aliphatic carboxylic acids is 1. The highest BCUT2D eigenvalue weighted by atomic mass is 19.2. The number of hydrogen-bond donors (Lipinski definition) is 2. The fourth-order valence-corrected chi connectivity index (χ4v) is 1.47. The van der Waals surface area contributed by atoms with Crippen LogP contribution in [-0.4, -0.2) is 22.7 Å². The van der Waals surface area contributed by atoms with Crippen molar-refractivity contribution in [3.63, 3.8) is 0 Å². The van der Waals surface area contributed by atoms with Crippen LogP contribution in [0.1, 0.15) is 18.9 Å². The number of benzene rings is 1. The molecular formula is C12H13F3O4. The van der Waals surface area contributed by atoms with E-state index in [1.165, 1.54) is 0 Å². The van der Waals surface area contributed by atoms with Gasteiger partial charge in [-0.2, -0.15) is 0 Å². The van der Waals surface area contributed by atoms with Gasteiger partial charge in [0.15, 0.2) is 11.6 Å². The highest BCUT2D eigenvalue weighted by Gasteiger charge is 2.14. The molecule has 1 unspecified atom stereocenters. The van der Waals surface area contributed by atoms with Crippen LogP contribution in [0.25, 0.3) is 0 Å². The highest BCUT2D eigenvalue weighted by molar-refractivity contribution is 5.67. The number of hydrogen-bond acceptors (Lipinski definition) is 2. The molecular weight excluding hydrogens is 265 g/mol. The Labute approximate surface area is 107 Å². The largest absolute Gasteiger partial charge is 0.483 e. The van der Waals surface area contributed by atoms with E-state index < -0.39 is 23.4 Å². The molecule has 0 spiro atoms. The minimum Gasteiger partial charge on any atom is -0.483 e. The van der Waals surface area contributed by atoms with Crippen LogP contribution in [0.5, 0.6) is 0 Å². The Morgan fingerprint density at radius 2 is 1.74 bits per heavy atom. The third-order valence-corrected chi connectivity index (χ3v) is 2.18. The molecule has 2 N–H and O–H groups in total. The molecule has 1 aromatic carbocycles. The minimum atomic E-state index is -1.24. The first-order chi connectivity index (χ1) is 8.81. The van der Waals surface area contributed by atoms with Crippen molar-refractivity contribution < 1.29 is 33.0 Å². The number of halogens is 3. The molecule has 0 saturated heterocycles. The standard InChI is InChI=1S/C11H11F3O2.CH2O2/c1-6(3-11(15)16)2-7-4-9(13)10(14)5-8(7)12;2-1-3/h4-6H,2-3H2,1H3,(H,15,16);1H,(H,2,3). The first-order valence-corrected chi connectivity index (χ1v) is 5.24. The van der Waals surface area contributed by atoms with Gasteiger partial charge in [-0.05, 0) is 24.0 Å². The van der Waals surface area contributed by atoms with Crippen molar-refractivity contribution in [2.24, 2.45) is 5.92 Å². The molecule has 19 heavy (non-hydrogen) atoms. The molecule has 0 aliphatic carbocycles. The molecule has 0 aromatic heterocycles. The summed E-state index contributed by atoms with van der Waals surface area (Å²) in [6.07, 6.45) is -0.0756. The van der Waals surface area contributed by atoms with Gasteiger partial charge in [-0.1, -0.05) is 6.92 Å². The van der Waals surface area contributed by atoms with E-state index >= 15 is 0 Å². The smallest absolute Gasteiger partial charge is 0.303 e. The Kier molecular flexibility index (Phi) is 7.25. The Morgan fingerprint density at radius 3 is 2.21 bits per heavy atom. The first-order valence-electron chi connectivity index (χ1n) is 5.24. The van der Waals surface area contributed by atoms with Gasteiger partial charge < -0.3 is 10.2 Å². The van der Waals surface area contributed by atoms with Crippen LogP contribution < -0.4 is 0 Å². The van der Waals surface area contributed by atoms with Gasteiger partial charge in [0.1, 0.15) is 5.82 Å². The van der Waals surface area contributed by atoms with Crippen molar-refractivity contribution in [1.82, 2.24) is 0 Å². The first kappa shape index (κ1) is 16.9. The fourth-order valence-electron chi connectivity index (χ4n) is 1.47. The third kappa shape index (κ3) is 6.44. The van der Waals surface area contributed by atoms with Gasteiger partial charge in [-0.15, -0.1) is 0 Å². The van der Waals surface area contributed by atoms with E-state index in [1.54, 1.807) is 6.92 Å². The average Bonchev–Trinajstić information content (AvgIpc) is 2.25. The second kappa shape index (κ2) is 8.12. The summed E-state index contributed by atoms with van der Waals surface area (Å²) in [6.45, 7) is 1.36. The molecule has 4 nitrogen and oxygen atoms in total. The summed E-state index contributed by atoms with van der Waals surface area (Å²) in [5.41, 5.74) is -0.00681. The van der Waals surface area contributed by atoms with Crippen LogP contribution >= 0.6 is 0 Å². The van der Waals surface area contributed by atoms with E-state index in [2.05, 4.69) is 0 Å². The summed E-state index contributed by atoms with van der Waals surface area (Å²) in [6, 6.07) is 1.24. The molecule has 0 bridgehead atoms. The quantitative estimate of drug-likeness (QED) is 0.655. The monoisotopic (exact) mass is 278 g/mol. The van der Waals surface area contributed by atoms with Gasteiger partial charge in [-0.25, -0.2) is 13.2 Å². The van der Waals surface area contributed by atoms with Crippen LogP contribution in [0.15, 0.2) is 12.1 Å². The Morgan fingerprint density at radius 1 is 1.26 bits per heavy atom. The lowest BCUT2D eigenvalue weighted by Gasteiger charge is -2.09. The molecule has 1 aromatic rings. The number of carboxylic acids is 1. The van der Waals surface area contributed by atoms with E-state index in [0.717, 1.165) is 6.07 Å². The molecule has 0 radical (unpaired) electrons.